The van der Waals surface area contributed by atoms with Gasteiger partial charge in [0, 0.05) is 11.8 Å². The molecule has 5 nitrogen and oxygen atoms in total. The monoisotopic (exact) mass is 264 g/mol. The van der Waals surface area contributed by atoms with Crippen LogP contribution in [0.1, 0.15) is 0 Å². The van der Waals surface area contributed by atoms with E-state index in [2.05, 4.69) is 10.1 Å². The van der Waals surface area contributed by atoms with Gasteiger partial charge in [0.1, 0.15) is 11.8 Å². The van der Waals surface area contributed by atoms with Crippen LogP contribution in [-0.2, 0) is 4.79 Å². The van der Waals surface area contributed by atoms with Crippen LogP contribution < -0.4 is 15.8 Å². The summed E-state index contributed by atoms with van der Waals surface area (Å²) in [5.74, 6) is -1.17. The van der Waals surface area contributed by atoms with Gasteiger partial charge in [-0.15, -0.1) is 13.2 Å². The molecule has 1 atom stereocenters. The third-order valence-electron chi connectivity index (χ3n) is 1.87. The topological polar surface area (TPSA) is 84.6 Å². The van der Waals surface area contributed by atoms with Gasteiger partial charge in [0.25, 0.3) is 0 Å². The van der Waals surface area contributed by atoms with Crippen LogP contribution in [0, 0.1) is 0 Å². The highest BCUT2D eigenvalue weighted by Crippen LogP contribution is 2.24. The Morgan fingerprint density at radius 3 is 2.72 bits per heavy atom. The van der Waals surface area contributed by atoms with Crippen molar-refractivity contribution in [1.82, 2.24) is 0 Å². The maximum Gasteiger partial charge on any atom is 0.573 e. The molecule has 0 aliphatic rings. The van der Waals surface area contributed by atoms with Crippen LogP contribution in [0.15, 0.2) is 24.3 Å². The molecule has 1 amide bonds. The largest absolute Gasteiger partial charge is 0.573 e. The molecule has 1 aromatic carbocycles. The molecular weight excluding hydrogens is 253 g/mol. The lowest BCUT2D eigenvalue weighted by molar-refractivity contribution is -0.274. The lowest BCUT2D eigenvalue weighted by Crippen LogP contribution is -2.38. The Morgan fingerprint density at radius 1 is 1.50 bits per heavy atom. The van der Waals surface area contributed by atoms with E-state index >= 15 is 0 Å². The van der Waals surface area contributed by atoms with Crippen LogP contribution in [0.25, 0.3) is 0 Å². The molecule has 0 spiro atoms. The number of benzene rings is 1. The van der Waals surface area contributed by atoms with Crippen molar-refractivity contribution < 1.29 is 27.8 Å². The Hall–Kier alpha value is -1.80. The van der Waals surface area contributed by atoms with Gasteiger partial charge in [-0.2, -0.15) is 0 Å². The fourth-order valence-corrected chi connectivity index (χ4v) is 1.09. The zero-order chi connectivity index (χ0) is 13.8. The van der Waals surface area contributed by atoms with Crippen molar-refractivity contribution in [3.8, 4) is 5.75 Å². The number of aliphatic hydroxyl groups is 1. The first-order valence-electron chi connectivity index (χ1n) is 4.85. The molecule has 1 rings (SSSR count). The van der Waals surface area contributed by atoms with Gasteiger partial charge in [-0.3, -0.25) is 4.79 Å². The number of carbonyl (C=O) groups is 1. The zero-order valence-corrected chi connectivity index (χ0v) is 9.07. The lowest BCUT2D eigenvalue weighted by atomic mass is 10.2. The molecule has 0 radical (unpaired) electrons. The number of alkyl halides is 3. The van der Waals surface area contributed by atoms with E-state index in [0.29, 0.717) is 0 Å². The Morgan fingerprint density at radius 2 is 2.17 bits per heavy atom. The van der Waals surface area contributed by atoms with Crippen molar-refractivity contribution in [3.05, 3.63) is 24.3 Å². The van der Waals surface area contributed by atoms with Crippen molar-refractivity contribution >= 4 is 11.6 Å². The normalized spacial score (nSPS) is 12.9. The predicted molar refractivity (Wildman–Crippen MR) is 56.8 cm³/mol. The minimum atomic E-state index is -4.80. The molecule has 8 heteroatoms. The second-order valence-electron chi connectivity index (χ2n) is 3.35. The third kappa shape index (κ3) is 4.60. The Kier molecular flexibility index (Phi) is 4.51. The average molecular weight is 264 g/mol. The molecule has 1 aromatic rings. The molecule has 0 saturated carbocycles. The van der Waals surface area contributed by atoms with Crippen molar-refractivity contribution in [1.29, 1.82) is 0 Å². The van der Waals surface area contributed by atoms with Gasteiger partial charge in [0.2, 0.25) is 5.91 Å². The number of amides is 1. The van der Waals surface area contributed by atoms with Crippen LogP contribution in [0.5, 0.6) is 5.75 Å². The zero-order valence-electron chi connectivity index (χ0n) is 9.07. The number of ether oxygens (including phenoxy) is 1. The number of hydrogen-bond donors (Lipinski definition) is 3. The summed E-state index contributed by atoms with van der Waals surface area (Å²) >= 11 is 0. The van der Waals surface area contributed by atoms with E-state index in [1.165, 1.54) is 12.1 Å². The molecular formula is C10H11F3N2O3. The first-order valence-corrected chi connectivity index (χ1v) is 4.85. The molecule has 0 saturated heterocycles. The third-order valence-corrected chi connectivity index (χ3v) is 1.87. The first-order chi connectivity index (χ1) is 8.31. The van der Waals surface area contributed by atoms with Crippen molar-refractivity contribution in [2.45, 2.75) is 12.4 Å². The summed E-state index contributed by atoms with van der Waals surface area (Å²) in [5.41, 5.74) is 5.32. The fourth-order valence-electron chi connectivity index (χ4n) is 1.09. The van der Waals surface area contributed by atoms with E-state index in [-0.39, 0.29) is 5.69 Å². The van der Waals surface area contributed by atoms with E-state index in [9.17, 15) is 18.0 Å². The molecule has 0 aliphatic carbocycles. The van der Waals surface area contributed by atoms with Gasteiger partial charge in [-0.05, 0) is 12.1 Å². The lowest BCUT2D eigenvalue weighted by Gasteiger charge is -2.12. The smallest absolute Gasteiger partial charge is 0.406 e. The summed E-state index contributed by atoms with van der Waals surface area (Å²) in [6.45, 7) is -0.565. The summed E-state index contributed by atoms with van der Waals surface area (Å²) in [6.07, 6.45) is -4.80. The minimum Gasteiger partial charge on any atom is -0.406 e. The van der Waals surface area contributed by atoms with Crippen LogP contribution in [0.4, 0.5) is 18.9 Å². The van der Waals surface area contributed by atoms with Gasteiger partial charge in [-0.1, -0.05) is 6.07 Å². The number of hydrogen-bond acceptors (Lipinski definition) is 4. The van der Waals surface area contributed by atoms with Crippen LogP contribution in [-0.4, -0.2) is 30.0 Å². The molecule has 0 unspecified atom stereocenters. The summed E-state index contributed by atoms with van der Waals surface area (Å²) in [4.78, 5) is 11.3. The van der Waals surface area contributed by atoms with Crippen LogP contribution in [0.3, 0.4) is 0 Å². The standard InChI is InChI=1S/C10H11F3N2O3/c11-10(12,13)18-7-3-1-2-6(4-7)15-9(17)8(14)5-16/h1-4,8,16H,5,14H2,(H,15,17)/t8-/m0/s1. The van der Waals surface area contributed by atoms with Crippen molar-refractivity contribution in [3.63, 3.8) is 0 Å². The summed E-state index contributed by atoms with van der Waals surface area (Å²) in [5, 5.41) is 10.9. The summed E-state index contributed by atoms with van der Waals surface area (Å²) < 4.78 is 39.5. The highest BCUT2D eigenvalue weighted by Gasteiger charge is 2.31. The molecule has 0 fully saturated rings. The van der Waals surface area contributed by atoms with E-state index in [0.717, 1.165) is 12.1 Å². The molecule has 18 heavy (non-hydrogen) atoms. The second kappa shape index (κ2) is 5.69. The maximum atomic E-state index is 12.0. The van der Waals surface area contributed by atoms with E-state index in [4.69, 9.17) is 10.8 Å². The van der Waals surface area contributed by atoms with E-state index < -0.39 is 30.7 Å². The summed E-state index contributed by atoms with van der Waals surface area (Å²) in [6, 6.07) is 3.59. The van der Waals surface area contributed by atoms with Gasteiger partial charge < -0.3 is 20.9 Å². The Labute approximate surface area is 100 Å². The number of aliphatic hydroxyl groups excluding tert-OH is 1. The number of anilines is 1. The Balaban J connectivity index is 2.74. The maximum absolute atomic E-state index is 12.0. The number of halogens is 3. The quantitative estimate of drug-likeness (QED) is 0.752. The molecule has 0 aliphatic heterocycles. The highest BCUT2D eigenvalue weighted by atomic mass is 19.4. The predicted octanol–water partition coefficient (Wildman–Crippen LogP) is 0.843. The number of nitrogens with one attached hydrogen (secondary N) is 1. The van der Waals surface area contributed by atoms with Crippen LogP contribution in [0.2, 0.25) is 0 Å². The van der Waals surface area contributed by atoms with Crippen LogP contribution >= 0.6 is 0 Å². The molecule has 100 valence electrons. The van der Waals surface area contributed by atoms with Crippen molar-refractivity contribution in [2.24, 2.45) is 5.73 Å². The van der Waals surface area contributed by atoms with Crippen molar-refractivity contribution in [2.75, 3.05) is 11.9 Å². The summed E-state index contributed by atoms with van der Waals surface area (Å²) in [7, 11) is 0. The Bertz CT molecular complexity index is 423. The van der Waals surface area contributed by atoms with Gasteiger partial charge in [-0.25, -0.2) is 0 Å². The minimum absolute atomic E-state index is 0.0886. The molecule has 0 bridgehead atoms. The number of rotatable bonds is 4. The number of nitrogens with two attached hydrogens (primary N) is 1. The van der Waals surface area contributed by atoms with Gasteiger partial charge in [0.05, 0.1) is 6.61 Å². The van der Waals surface area contributed by atoms with Gasteiger partial charge in [0.15, 0.2) is 0 Å². The fraction of sp³-hybridized carbons (Fsp3) is 0.300. The molecule has 4 N–H and O–H groups in total. The second-order valence-corrected chi connectivity index (χ2v) is 3.35. The number of carbonyl (C=O) groups excluding carboxylic acids is 1. The van der Waals surface area contributed by atoms with Gasteiger partial charge >= 0.3 is 6.36 Å². The van der Waals surface area contributed by atoms with E-state index in [1.807, 2.05) is 0 Å². The highest BCUT2D eigenvalue weighted by molar-refractivity contribution is 5.94. The van der Waals surface area contributed by atoms with E-state index in [1.54, 1.807) is 0 Å². The average Bonchev–Trinajstić information content (AvgIpc) is 2.26. The molecule has 0 heterocycles. The SMILES string of the molecule is N[C@@H](CO)C(=O)Nc1cccc(OC(F)(F)F)c1. The molecule has 0 aromatic heterocycles. The first kappa shape index (κ1) is 14.3.